The Kier molecular flexibility index (Phi) is 9.14. The van der Waals surface area contributed by atoms with Gasteiger partial charge in [-0.2, -0.15) is 0 Å². The van der Waals surface area contributed by atoms with Crippen LogP contribution in [0.2, 0.25) is 5.02 Å². The fraction of sp³-hybridized carbons (Fsp3) is 0.414. The first-order valence-electron chi connectivity index (χ1n) is 13.2. The molecule has 9 nitrogen and oxygen atoms in total. The van der Waals surface area contributed by atoms with Crippen molar-refractivity contribution in [1.29, 1.82) is 0 Å². The van der Waals surface area contributed by atoms with E-state index in [1.165, 1.54) is 0 Å². The molecular formula is C29H35ClN4O5. The summed E-state index contributed by atoms with van der Waals surface area (Å²) in [7, 11) is 1.59. The highest BCUT2D eigenvalue weighted by Gasteiger charge is 2.39. The molecule has 3 amide bonds. The van der Waals surface area contributed by atoms with E-state index in [0.717, 1.165) is 5.56 Å². The molecular weight excluding hydrogens is 520 g/mol. The van der Waals surface area contributed by atoms with Crippen molar-refractivity contribution in [2.45, 2.75) is 32.9 Å². The van der Waals surface area contributed by atoms with E-state index in [4.69, 9.17) is 21.1 Å². The monoisotopic (exact) mass is 554 g/mol. The number of ether oxygens (including phenoxy) is 2. The number of benzene rings is 2. The lowest BCUT2D eigenvalue weighted by Crippen LogP contribution is -2.56. The molecule has 1 saturated heterocycles. The predicted octanol–water partition coefficient (Wildman–Crippen LogP) is 4.10. The van der Waals surface area contributed by atoms with Gasteiger partial charge < -0.3 is 19.7 Å². The van der Waals surface area contributed by atoms with Gasteiger partial charge in [-0.3, -0.25) is 14.6 Å². The van der Waals surface area contributed by atoms with Crippen LogP contribution in [0.1, 0.15) is 42.7 Å². The maximum atomic E-state index is 13.3. The molecule has 2 aromatic carbocycles. The lowest BCUT2D eigenvalue weighted by atomic mass is 9.94. The number of hydrogen-bond donors (Lipinski definition) is 1. The van der Waals surface area contributed by atoms with Crippen molar-refractivity contribution < 1.29 is 23.9 Å². The van der Waals surface area contributed by atoms with Gasteiger partial charge in [-0.15, -0.1) is 0 Å². The van der Waals surface area contributed by atoms with Crippen molar-refractivity contribution in [1.82, 2.24) is 20.0 Å². The number of carbonyl (C=O) groups is 3. The van der Waals surface area contributed by atoms with Gasteiger partial charge in [-0.1, -0.05) is 23.7 Å². The first-order chi connectivity index (χ1) is 18.8. The predicted molar refractivity (Wildman–Crippen MR) is 149 cm³/mol. The van der Waals surface area contributed by atoms with Gasteiger partial charge in [0.15, 0.2) is 0 Å². The summed E-state index contributed by atoms with van der Waals surface area (Å²) in [5.41, 5.74) is 2.38. The van der Waals surface area contributed by atoms with Gasteiger partial charge in [0.2, 0.25) is 0 Å². The van der Waals surface area contributed by atoms with E-state index in [0.29, 0.717) is 60.3 Å². The van der Waals surface area contributed by atoms with Crippen molar-refractivity contribution in [3.63, 3.8) is 0 Å². The summed E-state index contributed by atoms with van der Waals surface area (Å²) >= 11 is 5.99. The van der Waals surface area contributed by atoms with Gasteiger partial charge in [-0.05, 0) is 62.7 Å². The smallest absolute Gasteiger partial charge is 0.338 e. The van der Waals surface area contributed by atoms with Gasteiger partial charge in [-0.25, -0.2) is 9.59 Å². The maximum Gasteiger partial charge on any atom is 0.338 e. The van der Waals surface area contributed by atoms with Crippen LogP contribution in [-0.4, -0.2) is 85.1 Å². The number of halogens is 1. The number of rotatable bonds is 8. The molecule has 0 radical (unpaired) electrons. The molecule has 0 saturated carbocycles. The van der Waals surface area contributed by atoms with Crippen LogP contribution in [0.5, 0.6) is 5.75 Å². The highest BCUT2D eigenvalue weighted by Crippen LogP contribution is 2.33. The number of methoxy groups -OCH3 is 1. The summed E-state index contributed by atoms with van der Waals surface area (Å²) in [5.74, 6) is 0.173. The Bertz CT molecular complexity index is 1230. The minimum absolute atomic E-state index is 0.0444. The number of amides is 3. The lowest BCUT2D eigenvalue weighted by Gasteiger charge is -2.43. The third-order valence-electron chi connectivity index (χ3n) is 7.14. The third kappa shape index (κ3) is 6.20. The zero-order valence-electron chi connectivity index (χ0n) is 22.8. The Hall–Kier alpha value is -3.56. The number of nitrogens with one attached hydrogen (secondary N) is 1. The summed E-state index contributed by atoms with van der Waals surface area (Å²) in [6.07, 6.45) is 0. The highest BCUT2D eigenvalue weighted by molar-refractivity contribution is 6.30. The van der Waals surface area contributed by atoms with Crippen LogP contribution < -0.4 is 10.1 Å². The standard InChI is InChI=1S/C29H35ClN4O5/c1-5-33-24(18-32-15-16-34(19(3)17-32)27(35)21-7-11-22(30)12-8-21)25(28(36)39-6-2)26(31-29(33)37)20-9-13-23(38-4)14-10-20/h7-14,19,26H,5-6,15-18H2,1-4H3,(H,31,37). The third-order valence-corrected chi connectivity index (χ3v) is 7.39. The molecule has 10 heteroatoms. The fourth-order valence-corrected chi connectivity index (χ4v) is 5.28. The molecule has 2 aliphatic heterocycles. The van der Waals surface area contributed by atoms with Gasteiger partial charge >= 0.3 is 12.0 Å². The molecule has 2 aliphatic rings. The summed E-state index contributed by atoms with van der Waals surface area (Å²) in [6.45, 7) is 8.32. The van der Waals surface area contributed by atoms with Crippen LogP contribution in [0.3, 0.4) is 0 Å². The molecule has 2 aromatic rings. The molecule has 208 valence electrons. The number of piperazine rings is 1. The Morgan fingerprint density at radius 2 is 1.74 bits per heavy atom. The van der Waals surface area contributed by atoms with Crippen molar-refractivity contribution in [3.05, 3.63) is 76.0 Å². The van der Waals surface area contributed by atoms with E-state index in [-0.39, 0.29) is 24.6 Å². The van der Waals surface area contributed by atoms with E-state index >= 15 is 0 Å². The highest BCUT2D eigenvalue weighted by atomic mass is 35.5. The van der Waals surface area contributed by atoms with Crippen LogP contribution in [-0.2, 0) is 9.53 Å². The van der Waals surface area contributed by atoms with Crippen molar-refractivity contribution >= 4 is 29.5 Å². The second-order valence-corrected chi connectivity index (χ2v) is 10.0. The molecule has 2 heterocycles. The molecule has 0 aliphatic carbocycles. The Morgan fingerprint density at radius 1 is 1.05 bits per heavy atom. The molecule has 39 heavy (non-hydrogen) atoms. The van der Waals surface area contributed by atoms with Crippen LogP contribution in [0, 0.1) is 0 Å². The summed E-state index contributed by atoms with van der Waals surface area (Å²) in [5, 5.41) is 3.57. The molecule has 1 N–H and O–H groups in total. The zero-order valence-corrected chi connectivity index (χ0v) is 23.5. The van der Waals surface area contributed by atoms with Crippen molar-refractivity contribution in [2.24, 2.45) is 0 Å². The van der Waals surface area contributed by atoms with Crippen molar-refractivity contribution in [2.75, 3.05) is 46.4 Å². The molecule has 2 unspecified atom stereocenters. The first-order valence-corrected chi connectivity index (χ1v) is 13.6. The lowest BCUT2D eigenvalue weighted by molar-refractivity contribution is -0.139. The molecule has 0 bridgehead atoms. The second kappa shape index (κ2) is 12.5. The van der Waals surface area contributed by atoms with E-state index < -0.39 is 12.0 Å². The number of carbonyl (C=O) groups excluding carboxylic acids is 3. The summed E-state index contributed by atoms with van der Waals surface area (Å²) < 4.78 is 10.7. The Labute approximate surface area is 234 Å². The minimum atomic E-state index is -0.662. The molecule has 1 fully saturated rings. The number of esters is 1. The number of urea groups is 1. The van der Waals surface area contributed by atoms with Gasteiger partial charge in [0.1, 0.15) is 5.75 Å². The molecule has 0 aromatic heterocycles. The molecule has 0 spiro atoms. The second-order valence-electron chi connectivity index (χ2n) is 9.57. The van der Waals surface area contributed by atoms with Crippen LogP contribution in [0.15, 0.2) is 59.8 Å². The summed E-state index contributed by atoms with van der Waals surface area (Å²) in [6, 6.07) is 13.2. The van der Waals surface area contributed by atoms with E-state index in [2.05, 4.69) is 10.2 Å². The van der Waals surface area contributed by atoms with E-state index in [1.54, 1.807) is 55.3 Å². The largest absolute Gasteiger partial charge is 0.497 e. The van der Waals surface area contributed by atoms with E-state index in [1.807, 2.05) is 30.9 Å². The fourth-order valence-electron chi connectivity index (χ4n) is 5.15. The zero-order chi connectivity index (χ0) is 28.1. The maximum absolute atomic E-state index is 13.3. The van der Waals surface area contributed by atoms with Crippen LogP contribution in [0.4, 0.5) is 4.79 Å². The number of nitrogens with zero attached hydrogens (tertiary/aromatic N) is 3. The van der Waals surface area contributed by atoms with Gasteiger partial charge in [0, 0.05) is 55.0 Å². The van der Waals surface area contributed by atoms with E-state index in [9.17, 15) is 14.4 Å². The average molecular weight is 555 g/mol. The Balaban J connectivity index is 1.62. The van der Waals surface area contributed by atoms with Gasteiger partial charge in [0.25, 0.3) is 5.91 Å². The number of hydrogen-bond acceptors (Lipinski definition) is 6. The Morgan fingerprint density at radius 3 is 2.33 bits per heavy atom. The molecule has 2 atom stereocenters. The minimum Gasteiger partial charge on any atom is -0.497 e. The first kappa shape index (κ1) is 28.4. The average Bonchev–Trinajstić information content (AvgIpc) is 2.93. The summed E-state index contributed by atoms with van der Waals surface area (Å²) in [4.78, 5) is 45.3. The van der Waals surface area contributed by atoms with Crippen molar-refractivity contribution in [3.8, 4) is 5.75 Å². The quantitative estimate of drug-likeness (QED) is 0.494. The molecule has 4 rings (SSSR count). The van der Waals surface area contributed by atoms with Crippen LogP contribution >= 0.6 is 11.6 Å². The topological polar surface area (TPSA) is 91.4 Å². The van der Waals surface area contributed by atoms with Crippen LogP contribution in [0.25, 0.3) is 0 Å². The number of likely N-dealkylation sites (N-methyl/N-ethyl adjacent to an activating group) is 1. The van der Waals surface area contributed by atoms with Gasteiger partial charge in [0.05, 0.1) is 25.3 Å². The normalized spacial score (nSPS) is 20.1. The SMILES string of the molecule is CCOC(=O)C1=C(CN2CCN(C(=O)c3ccc(Cl)cc3)C(C)C2)N(CC)C(=O)NC1c1ccc(OC)cc1.